The molecule has 1 heterocycles. The fourth-order valence-corrected chi connectivity index (χ4v) is 2.26. The lowest BCUT2D eigenvalue weighted by molar-refractivity contribution is -0.136. The summed E-state index contributed by atoms with van der Waals surface area (Å²) in [6, 6.07) is 8.62. The standard InChI is InChI=1S/C16H13Cl2FN2O2.C5H10.C2H6.CH4/c1-2-23-16(22)13(10-3-5-11(19)6-4-10)9-20-12-7-14(17)21-15(18)8-12;1-4-5(2)3;1-2;/h3-9H,2H2,1H3,(H,20,21);4H,1-3H3;1-2H3;1H4/b13-9-;;;. The van der Waals surface area contributed by atoms with Crippen LogP contribution in [0.1, 0.15) is 54.5 Å². The summed E-state index contributed by atoms with van der Waals surface area (Å²) < 4.78 is 18.1. The largest absolute Gasteiger partial charge is 0.462 e. The molecule has 172 valence electrons. The SMILES string of the molecule is C.CC.CC=C(C)C.CCOC(=O)/C(=C\Nc1cc(Cl)nc(Cl)c1)c1ccc(F)cc1. The summed E-state index contributed by atoms with van der Waals surface area (Å²) in [4.78, 5) is 15.9. The minimum atomic E-state index is -0.530. The highest BCUT2D eigenvalue weighted by molar-refractivity contribution is 6.32. The van der Waals surface area contributed by atoms with Crippen molar-refractivity contribution in [2.75, 3.05) is 11.9 Å². The molecular formula is C24H33Cl2FN2O2. The minimum Gasteiger partial charge on any atom is -0.462 e. The van der Waals surface area contributed by atoms with E-state index in [-0.39, 0.29) is 29.9 Å². The van der Waals surface area contributed by atoms with Crippen molar-refractivity contribution < 1.29 is 13.9 Å². The van der Waals surface area contributed by atoms with E-state index in [0.29, 0.717) is 11.3 Å². The van der Waals surface area contributed by atoms with Crippen LogP contribution >= 0.6 is 23.2 Å². The second-order valence-corrected chi connectivity index (χ2v) is 6.57. The maximum absolute atomic E-state index is 13.1. The van der Waals surface area contributed by atoms with E-state index >= 15 is 0 Å². The quantitative estimate of drug-likeness (QED) is 0.207. The number of anilines is 1. The summed E-state index contributed by atoms with van der Waals surface area (Å²) in [5.41, 5.74) is 2.70. The fourth-order valence-electron chi connectivity index (χ4n) is 1.80. The summed E-state index contributed by atoms with van der Waals surface area (Å²) in [6.07, 6.45) is 3.53. The van der Waals surface area contributed by atoms with E-state index in [9.17, 15) is 9.18 Å². The number of rotatable bonds is 5. The Morgan fingerprint density at radius 3 is 2.03 bits per heavy atom. The van der Waals surface area contributed by atoms with Crippen LogP contribution in [0.4, 0.5) is 10.1 Å². The predicted octanol–water partition coefficient (Wildman–Crippen LogP) is 8.18. The predicted molar refractivity (Wildman–Crippen MR) is 132 cm³/mol. The number of nitrogens with one attached hydrogen (secondary N) is 1. The zero-order valence-corrected chi connectivity index (χ0v) is 19.7. The van der Waals surface area contributed by atoms with Gasteiger partial charge < -0.3 is 10.1 Å². The Morgan fingerprint density at radius 1 is 1.13 bits per heavy atom. The molecule has 7 heteroatoms. The number of aromatic nitrogens is 1. The van der Waals surface area contributed by atoms with E-state index in [1.54, 1.807) is 19.1 Å². The van der Waals surface area contributed by atoms with Crippen molar-refractivity contribution in [3.8, 4) is 0 Å². The van der Waals surface area contributed by atoms with Gasteiger partial charge in [0.05, 0.1) is 12.2 Å². The molecule has 0 saturated carbocycles. The van der Waals surface area contributed by atoms with Crippen molar-refractivity contribution in [2.45, 2.75) is 49.0 Å². The molecule has 0 fully saturated rings. The molecule has 1 N–H and O–H groups in total. The lowest BCUT2D eigenvalue weighted by Crippen LogP contribution is -2.08. The van der Waals surface area contributed by atoms with Gasteiger partial charge in [-0.3, -0.25) is 0 Å². The van der Waals surface area contributed by atoms with E-state index in [4.69, 9.17) is 27.9 Å². The number of carbonyl (C=O) groups is 1. The van der Waals surface area contributed by atoms with Crippen molar-refractivity contribution in [3.05, 3.63) is 75.9 Å². The van der Waals surface area contributed by atoms with Crippen LogP contribution in [0.3, 0.4) is 0 Å². The van der Waals surface area contributed by atoms with Gasteiger partial charge in [0.2, 0.25) is 0 Å². The lowest BCUT2D eigenvalue weighted by atomic mass is 10.1. The fraction of sp³-hybridized carbons (Fsp3) is 0.333. The van der Waals surface area contributed by atoms with Crippen LogP contribution in [0, 0.1) is 5.82 Å². The highest BCUT2D eigenvalue weighted by Crippen LogP contribution is 2.21. The number of nitrogens with zero attached hydrogens (tertiary/aromatic N) is 1. The van der Waals surface area contributed by atoms with Gasteiger partial charge in [0.1, 0.15) is 16.1 Å². The molecule has 0 aliphatic rings. The molecule has 0 aliphatic carbocycles. The van der Waals surface area contributed by atoms with Gasteiger partial charge in [0.25, 0.3) is 0 Å². The number of pyridine rings is 1. The van der Waals surface area contributed by atoms with Crippen LogP contribution in [-0.4, -0.2) is 17.6 Å². The Kier molecular flexibility index (Phi) is 17.2. The monoisotopic (exact) mass is 470 g/mol. The average molecular weight is 471 g/mol. The van der Waals surface area contributed by atoms with Gasteiger partial charge in [-0.2, -0.15) is 0 Å². The van der Waals surface area contributed by atoms with E-state index < -0.39 is 11.8 Å². The van der Waals surface area contributed by atoms with Crippen LogP contribution in [0.15, 0.2) is 54.2 Å². The summed E-state index contributed by atoms with van der Waals surface area (Å²) in [5.74, 6) is -0.921. The molecule has 1 aromatic heterocycles. The second kappa shape index (κ2) is 17.3. The third kappa shape index (κ3) is 12.8. The molecule has 4 nitrogen and oxygen atoms in total. The number of esters is 1. The van der Waals surface area contributed by atoms with Gasteiger partial charge >= 0.3 is 5.97 Å². The number of ether oxygens (including phenoxy) is 1. The Bertz CT molecular complexity index is 827. The average Bonchev–Trinajstić information content (AvgIpc) is 2.71. The molecule has 0 amide bonds. The first-order valence-corrected chi connectivity index (χ1v) is 10.3. The molecule has 0 spiro atoms. The maximum Gasteiger partial charge on any atom is 0.340 e. The van der Waals surface area contributed by atoms with Crippen molar-refractivity contribution >= 4 is 40.4 Å². The van der Waals surface area contributed by atoms with Crippen LogP contribution in [0.2, 0.25) is 10.3 Å². The van der Waals surface area contributed by atoms with Crippen LogP contribution in [-0.2, 0) is 9.53 Å². The molecular weight excluding hydrogens is 438 g/mol. The highest BCUT2D eigenvalue weighted by atomic mass is 35.5. The Hall–Kier alpha value is -2.37. The Morgan fingerprint density at radius 2 is 1.61 bits per heavy atom. The third-order valence-corrected chi connectivity index (χ3v) is 3.76. The van der Waals surface area contributed by atoms with Crippen LogP contribution < -0.4 is 5.32 Å². The molecule has 0 aliphatic heterocycles. The first kappa shape index (κ1) is 30.8. The van der Waals surface area contributed by atoms with Crippen molar-refractivity contribution in [1.82, 2.24) is 4.98 Å². The zero-order valence-electron chi connectivity index (χ0n) is 18.2. The molecule has 2 aromatic rings. The summed E-state index contributed by atoms with van der Waals surface area (Å²) in [6.45, 7) is 12.1. The van der Waals surface area contributed by atoms with Gasteiger partial charge in [-0.1, -0.05) is 68.3 Å². The van der Waals surface area contributed by atoms with E-state index in [1.807, 2.05) is 20.8 Å². The second-order valence-electron chi connectivity index (χ2n) is 5.80. The molecule has 2 rings (SSSR count). The molecule has 1 aromatic carbocycles. The smallest absolute Gasteiger partial charge is 0.340 e. The lowest BCUT2D eigenvalue weighted by Gasteiger charge is -2.09. The first-order chi connectivity index (χ1) is 14.3. The van der Waals surface area contributed by atoms with Gasteiger partial charge in [-0.15, -0.1) is 0 Å². The van der Waals surface area contributed by atoms with E-state index in [2.05, 4.69) is 30.2 Å². The molecule has 0 bridgehead atoms. The minimum absolute atomic E-state index is 0. The van der Waals surface area contributed by atoms with Crippen LogP contribution in [0.5, 0.6) is 0 Å². The molecule has 0 unspecified atom stereocenters. The number of benzene rings is 1. The molecule has 0 saturated heterocycles. The van der Waals surface area contributed by atoms with Gasteiger partial charge in [-0.05, 0) is 57.5 Å². The molecule has 31 heavy (non-hydrogen) atoms. The third-order valence-electron chi connectivity index (χ3n) is 3.37. The van der Waals surface area contributed by atoms with Crippen molar-refractivity contribution in [3.63, 3.8) is 0 Å². The number of hydrogen-bond donors (Lipinski definition) is 1. The number of allylic oxidation sites excluding steroid dienone is 2. The number of halogens is 3. The Balaban J connectivity index is 0. The Labute approximate surface area is 196 Å². The van der Waals surface area contributed by atoms with E-state index in [0.717, 1.165) is 0 Å². The van der Waals surface area contributed by atoms with Gasteiger partial charge in [-0.25, -0.2) is 14.2 Å². The van der Waals surface area contributed by atoms with E-state index in [1.165, 1.54) is 36.0 Å². The zero-order chi connectivity index (χ0) is 23.1. The van der Waals surface area contributed by atoms with Crippen molar-refractivity contribution in [2.24, 2.45) is 0 Å². The van der Waals surface area contributed by atoms with Crippen LogP contribution in [0.25, 0.3) is 5.57 Å². The number of hydrogen-bond acceptors (Lipinski definition) is 4. The van der Waals surface area contributed by atoms with Crippen molar-refractivity contribution in [1.29, 1.82) is 0 Å². The number of carbonyl (C=O) groups excluding carboxylic acids is 1. The molecule has 0 atom stereocenters. The first-order valence-electron chi connectivity index (χ1n) is 9.59. The topological polar surface area (TPSA) is 51.2 Å². The summed E-state index contributed by atoms with van der Waals surface area (Å²) in [7, 11) is 0. The maximum atomic E-state index is 13.1. The normalized spacial score (nSPS) is 9.65. The van der Waals surface area contributed by atoms with Gasteiger partial charge in [0.15, 0.2) is 0 Å². The highest BCUT2D eigenvalue weighted by Gasteiger charge is 2.13. The summed E-state index contributed by atoms with van der Waals surface area (Å²) >= 11 is 11.6. The van der Waals surface area contributed by atoms with Gasteiger partial charge in [0, 0.05) is 11.9 Å². The molecule has 0 radical (unpaired) electrons. The summed E-state index contributed by atoms with van der Waals surface area (Å²) in [5, 5.41) is 3.34.